The normalized spacial score (nSPS) is 12.2. The molecule has 0 atom stereocenters. The van der Waals surface area contributed by atoms with Gasteiger partial charge in [-0.2, -0.15) is 5.26 Å². The van der Waals surface area contributed by atoms with Crippen molar-refractivity contribution in [2.45, 2.75) is 39.2 Å². The molecule has 1 amide bonds. The van der Waals surface area contributed by atoms with Gasteiger partial charge in [-0.05, 0) is 56.9 Å². The molecule has 0 unspecified atom stereocenters. The van der Waals surface area contributed by atoms with E-state index in [4.69, 9.17) is 14.2 Å². The highest BCUT2D eigenvalue weighted by Gasteiger charge is 2.23. The monoisotopic (exact) mass is 414 g/mol. The van der Waals surface area contributed by atoms with E-state index in [0.29, 0.717) is 22.1 Å². The molecule has 1 N–H and O–H groups in total. The molecular weight excluding hydrogens is 392 g/mol. The van der Waals surface area contributed by atoms with Crippen molar-refractivity contribution >= 4 is 28.2 Å². The summed E-state index contributed by atoms with van der Waals surface area (Å²) in [4.78, 5) is 25.6. The molecule has 0 aliphatic heterocycles. The number of nitrogens with zero attached hydrogens (tertiary/aromatic N) is 1. The molecule has 7 nitrogen and oxygen atoms in total. The third kappa shape index (κ3) is 4.69. The number of fused-ring (bicyclic) bond motifs is 1. The molecule has 1 aromatic heterocycles. The second-order valence-electron chi connectivity index (χ2n) is 6.83. The Morgan fingerprint density at radius 2 is 2.07 bits per heavy atom. The van der Waals surface area contributed by atoms with Gasteiger partial charge in [0.05, 0.1) is 24.3 Å². The zero-order valence-electron chi connectivity index (χ0n) is 16.5. The van der Waals surface area contributed by atoms with E-state index in [0.717, 1.165) is 29.7 Å². The smallest absolute Gasteiger partial charge is 0.338 e. The number of nitrogens with one attached hydrogen (secondary N) is 1. The highest BCUT2D eigenvalue weighted by Crippen LogP contribution is 2.38. The minimum absolute atomic E-state index is 0.0395. The maximum atomic E-state index is 12.3. The number of ether oxygens (including phenoxy) is 3. The van der Waals surface area contributed by atoms with E-state index in [2.05, 4.69) is 11.4 Å². The van der Waals surface area contributed by atoms with Gasteiger partial charge in [-0.1, -0.05) is 0 Å². The third-order valence-corrected chi connectivity index (χ3v) is 5.59. The minimum atomic E-state index is -0.649. The quantitative estimate of drug-likeness (QED) is 0.694. The van der Waals surface area contributed by atoms with Gasteiger partial charge in [0.1, 0.15) is 11.1 Å². The summed E-state index contributed by atoms with van der Waals surface area (Å²) < 4.78 is 16.0. The first-order valence-electron chi connectivity index (χ1n) is 9.29. The van der Waals surface area contributed by atoms with E-state index in [1.54, 1.807) is 12.1 Å². The molecule has 152 valence electrons. The van der Waals surface area contributed by atoms with Crippen molar-refractivity contribution in [1.29, 1.82) is 5.26 Å². The Labute approximate surface area is 173 Å². The number of amides is 1. The molecular formula is C21H22N2O5S. The van der Waals surface area contributed by atoms with Gasteiger partial charge in [-0.3, -0.25) is 4.79 Å². The van der Waals surface area contributed by atoms with Crippen LogP contribution in [-0.2, 0) is 22.4 Å². The van der Waals surface area contributed by atoms with Gasteiger partial charge in [0.25, 0.3) is 5.91 Å². The molecule has 1 aliphatic carbocycles. The van der Waals surface area contributed by atoms with Gasteiger partial charge in [-0.15, -0.1) is 11.3 Å². The maximum absolute atomic E-state index is 12.3. The lowest BCUT2D eigenvalue weighted by Gasteiger charge is -2.14. The van der Waals surface area contributed by atoms with Crippen LogP contribution >= 0.6 is 11.3 Å². The van der Waals surface area contributed by atoms with Gasteiger partial charge in [0.2, 0.25) is 0 Å². The molecule has 0 fully saturated rings. The van der Waals surface area contributed by atoms with Crippen LogP contribution < -0.4 is 14.8 Å². The summed E-state index contributed by atoms with van der Waals surface area (Å²) in [5.41, 5.74) is 1.80. The summed E-state index contributed by atoms with van der Waals surface area (Å²) in [7, 11) is 1.48. The third-order valence-electron chi connectivity index (χ3n) is 4.38. The summed E-state index contributed by atoms with van der Waals surface area (Å²) in [6, 6.07) is 6.86. The van der Waals surface area contributed by atoms with Crippen LogP contribution in [0.25, 0.3) is 0 Å². The largest absolute Gasteiger partial charge is 0.493 e. The molecule has 1 aromatic carbocycles. The Morgan fingerprint density at radius 1 is 1.28 bits per heavy atom. The second kappa shape index (κ2) is 8.97. The molecule has 0 bridgehead atoms. The van der Waals surface area contributed by atoms with Crippen molar-refractivity contribution in [2.24, 2.45) is 0 Å². The number of esters is 1. The highest BCUT2D eigenvalue weighted by molar-refractivity contribution is 7.16. The lowest BCUT2D eigenvalue weighted by molar-refractivity contribution is -0.119. The summed E-state index contributed by atoms with van der Waals surface area (Å²) in [5.74, 6) is -0.207. The van der Waals surface area contributed by atoms with Crippen LogP contribution in [0.2, 0.25) is 0 Å². The first-order chi connectivity index (χ1) is 13.9. The number of rotatable bonds is 7. The van der Waals surface area contributed by atoms with Crippen molar-refractivity contribution < 1.29 is 23.8 Å². The maximum Gasteiger partial charge on any atom is 0.338 e. The summed E-state index contributed by atoms with van der Waals surface area (Å²) >= 11 is 1.42. The summed E-state index contributed by atoms with van der Waals surface area (Å²) in [5, 5.41) is 12.6. The van der Waals surface area contributed by atoms with Crippen molar-refractivity contribution in [3.63, 3.8) is 0 Å². The Bertz CT molecular complexity index is 974. The van der Waals surface area contributed by atoms with Gasteiger partial charge in [0.15, 0.2) is 18.1 Å². The molecule has 0 radical (unpaired) electrons. The number of hydrogen-bond donors (Lipinski definition) is 1. The Hall–Kier alpha value is -3.05. The van der Waals surface area contributed by atoms with Crippen molar-refractivity contribution in [3.8, 4) is 17.6 Å². The molecule has 29 heavy (non-hydrogen) atoms. The number of thiophene rings is 1. The van der Waals surface area contributed by atoms with E-state index in [1.807, 2.05) is 13.8 Å². The Morgan fingerprint density at radius 3 is 2.76 bits per heavy atom. The Balaban J connectivity index is 1.61. The first-order valence-corrected chi connectivity index (χ1v) is 10.1. The van der Waals surface area contributed by atoms with Crippen molar-refractivity contribution in [1.82, 2.24) is 0 Å². The van der Waals surface area contributed by atoms with E-state index >= 15 is 0 Å². The van der Waals surface area contributed by atoms with Crippen LogP contribution in [0.5, 0.6) is 11.5 Å². The summed E-state index contributed by atoms with van der Waals surface area (Å²) in [6.07, 6.45) is 2.78. The molecule has 0 spiro atoms. The standard InChI is InChI=1S/C21H22N2O5S/c1-12(2)28-16-8-7-13(9-17(16)26-3)21(25)27-11-19(24)23-20-15(10-22)14-5-4-6-18(14)29-20/h7-9,12H,4-6,11H2,1-3H3,(H,23,24). The van der Waals surface area contributed by atoms with E-state index in [-0.39, 0.29) is 11.7 Å². The van der Waals surface area contributed by atoms with Crippen LogP contribution in [-0.4, -0.2) is 31.7 Å². The lowest BCUT2D eigenvalue weighted by atomic mass is 10.1. The average molecular weight is 414 g/mol. The SMILES string of the molecule is COc1cc(C(=O)OCC(=O)Nc2sc3c(c2C#N)CCC3)ccc1OC(C)C. The minimum Gasteiger partial charge on any atom is -0.493 e. The fraction of sp³-hybridized carbons (Fsp3) is 0.381. The Kier molecular flexibility index (Phi) is 6.39. The van der Waals surface area contributed by atoms with Gasteiger partial charge in [0, 0.05) is 4.88 Å². The molecule has 2 aromatic rings. The van der Waals surface area contributed by atoms with Crippen LogP contribution in [0, 0.1) is 11.3 Å². The van der Waals surface area contributed by atoms with E-state index in [1.165, 1.54) is 24.5 Å². The number of carbonyl (C=O) groups excluding carboxylic acids is 2. The molecule has 1 heterocycles. The van der Waals surface area contributed by atoms with Gasteiger partial charge >= 0.3 is 5.97 Å². The van der Waals surface area contributed by atoms with Crippen LogP contribution in [0.4, 0.5) is 5.00 Å². The van der Waals surface area contributed by atoms with Crippen LogP contribution in [0.3, 0.4) is 0 Å². The van der Waals surface area contributed by atoms with Crippen LogP contribution in [0.15, 0.2) is 18.2 Å². The number of anilines is 1. The first kappa shape index (κ1) is 20.7. The average Bonchev–Trinajstić information content (AvgIpc) is 3.26. The molecule has 0 saturated heterocycles. The molecule has 8 heteroatoms. The highest BCUT2D eigenvalue weighted by atomic mass is 32.1. The molecule has 0 saturated carbocycles. The number of nitriles is 1. The number of benzene rings is 1. The summed E-state index contributed by atoms with van der Waals surface area (Å²) in [6.45, 7) is 3.33. The van der Waals surface area contributed by atoms with E-state index < -0.39 is 18.5 Å². The van der Waals surface area contributed by atoms with Crippen molar-refractivity contribution in [3.05, 3.63) is 39.8 Å². The van der Waals surface area contributed by atoms with Crippen LogP contribution in [0.1, 0.15) is 46.6 Å². The number of methoxy groups -OCH3 is 1. The van der Waals surface area contributed by atoms with Gasteiger partial charge < -0.3 is 19.5 Å². The fourth-order valence-electron chi connectivity index (χ4n) is 3.13. The number of hydrogen-bond acceptors (Lipinski definition) is 7. The predicted molar refractivity (Wildman–Crippen MR) is 109 cm³/mol. The molecule has 3 rings (SSSR count). The van der Waals surface area contributed by atoms with Gasteiger partial charge in [-0.25, -0.2) is 4.79 Å². The zero-order chi connectivity index (χ0) is 21.0. The number of aryl methyl sites for hydroxylation is 1. The second-order valence-corrected chi connectivity index (χ2v) is 7.93. The zero-order valence-corrected chi connectivity index (χ0v) is 17.4. The van der Waals surface area contributed by atoms with Crippen molar-refractivity contribution in [2.75, 3.05) is 19.0 Å². The number of carbonyl (C=O) groups is 2. The van der Waals surface area contributed by atoms with E-state index in [9.17, 15) is 14.9 Å². The molecule has 1 aliphatic rings. The fourth-order valence-corrected chi connectivity index (χ4v) is 4.39. The lowest BCUT2D eigenvalue weighted by Crippen LogP contribution is -2.21. The predicted octanol–water partition coefficient (Wildman–Crippen LogP) is 3.70. The topological polar surface area (TPSA) is 97.6 Å².